The van der Waals surface area contributed by atoms with Crippen LogP contribution in [0.4, 0.5) is 0 Å². The van der Waals surface area contributed by atoms with Gasteiger partial charge in [-0.3, -0.25) is 9.59 Å². The molecule has 126 valence electrons. The summed E-state index contributed by atoms with van der Waals surface area (Å²) in [4.78, 5) is 29.0. The summed E-state index contributed by atoms with van der Waals surface area (Å²) in [5, 5.41) is 0. The fourth-order valence-corrected chi connectivity index (χ4v) is 3.12. The predicted molar refractivity (Wildman–Crippen MR) is 89.6 cm³/mol. The molecule has 0 amide bonds. The normalized spacial score (nSPS) is 19.4. The van der Waals surface area contributed by atoms with Crippen molar-refractivity contribution in [3.8, 4) is 5.75 Å². The lowest BCUT2D eigenvalue weighted by atomic mass is 9.94. The van der Waals surface area contributed by atoms with Gasteiger partial charge < -0.3 is 13.9 Å². The van der Waals surface area contributed by atoms with Gasteiger partial charge in [-0.05, 0) is 18.6 Å². The molecular weight excluding hydrogens is 320 g/mol. The molecular formula is C19H16N2O4. The van der Waals surface area contributed by atoms with Crippen molar-refractivity contribution in [2.24, 2.45) is 0 Å². The number of hydrogen-bond acceptors (Lipinski definition) is 5. The molecule has 0 radical (unpaired) electrons. The molecule has 0 saturated carbocycles. The van der Waals surface area contributed by atoms with Crippen LogP contribution in [0, 0.1) is 6.92 Å². The van der Waals surface area contributed by atoms with Crippen LogP contribution in [-0.2, 0) is 9.53 Å². The summed E-state index contributed by atoms with van der Waals surface area (Å²) in [6.07, 6.45) is 1.88. The molecule has 0 bridgehead atoms. The first-order chi connectivity index (χ1) is 12.0. The Hall–Kier alpha value is -3.15. The molecule has 4 rings (SSSR count). The lowest BCUT2D eigenvalue weighted by molar-refractivity contribution is -0.148. The average molecular weight is 336 g/mol. The molecule has 3 heterocycles. The molecule has 2 atom stereocenters. The van der Waals surface area contributed by atoms with Gasteiger partial charge in [-0.2, -0.15) is 0 Å². The fraction of sp³-hybridized carbons (Fsp3) is 0.211. The number of aryl methyl sites for hydroxylation is 1. The van der Waals surface area contributed by atoms with E-state index in [1.54, 1.807) is 12.3 Å². The lowest BCUT2D eigenvalue weighted by Crippen LogP contribution is -2.39. The third kappa shape index (κ3) is 2.55. The molecule has 1 aliphatic heterocycles. The number of fused-ring (bicyclic) bond motifs is 3. The van der Waals surface area contributed by atoms with Gasteiger partial charge in [0, 0.05) is 19.3 Å². The monoisotopic (exact) mass is 336 g/mol. The third-order valence-electron chi connectivity index (χ3n) is 4.17. The standard InChI is InChI=1S/C19H16N2O4/c1-11-10-21-9-8-14-15(23)18(24-12(2)22)16(13-6-4-3-5-7-13)25-17(14)19(21)20-11/h3-10,16,18H,1-2H3/t16-,18+/m1/s1. The van der Waals surface area contributed by atoms with Crippen LogP contribution >= 0.6 is 0 Å². The zero-order valence-corrected chi connectivity index (χ0v) is 13.8. The molecule has 25 heavy (non-hydrogen) atoms. The topological polar surface area (TPSA) is 69.9 Å². The number of benzene rings is 1. The van der Waals surface area contributed by atoms with Crippen molar-refractivity contribution in [1.29, 1.82) is 0 Å². The summed E-state index contributed by atoms with van der Waals surface area (Å²) in [5.41, 5.74) is 2.53. The van der Waals surface area contributed by atoms with Gasteiger partial charge in [0.15, 0.2) is 17.5 Å². The van der Waals surface area contributed by atoms with Gasteiger partial charge in [-0.15, -0.1) is 0 Å². The Kier molecular flexibility index (Phi) is 3.53. The van der Waals surface area contributed by atoms with Crippen molar-refractivity contribution in [3.05, 3.63) is 65.6 Å². The quantitative estimate of drug-likeness (QED) is 0.673. The molecule has 0 N–H and O–H groups in total. The summed E-state index contributed by atoms with van der Waals surface area (Å²) < 4.78 is 13.3. The SMILES string of the molecule is CC(=O)O[C@H]1C(=O)c2ccn3cc(C)nc3c2O[C@@H]1c1ccccc1. The van der Waals surface area contributed by atoms with Gasteiger partial charge in [-0.25, -0.2) is 4.98 Å². The second-order valence-electron chi connectivity index (χ2n) is 6.02. The minimum atomic E-state index is -1.02. The van der Waals surface area contributed by atoms with Gasteiger partial charge in [-0.1, -0.05) is 30.3 Å². The number of carbonyl (C=O) groups excluding carboxylic acids is 2. The Balaban J connectivity index is 1.89. The zero-order valence-electron chi connectivity index (χ0n) is 13.8. The number of Topliss-reactive ketones (excluding diaryl/α,β-unsaturated/α-hetero) is 1. The van der Waals surface area contributed by atoms with E-state index >= 15 is 0 Å². The zero-order chi connectivity index (χ0) is 17.6. The minimum absolute atomic E-state index is 0.284. The number of carbonyl (C=O) groups is 2. The van der Waals surface area contributed by atoms with Crippen molar-refractivity contribution in [2.45, 2.75) is 26.1 Å². The number of aromatic nitrogens is 2. The van der Waals surface area contributed by atoms with Crippen LogP contribution in [0.3, 0.4) is 0 Å². The Morgan fingerprint density at radius 1 is 1.24 bits per heavy atom. The number of nitrogens with zero attached hydrogens (tertiary/aromatic N) is 2. The van der Waals surface area contributed by atoms with E-state index in [9.17, 15) is 9.59 Å². The molecule has 0 aliphatic carbocycles. The molecule has 6 nitrogen and oxygen atoms in total. The maximum atomic E-state index is 13.0. The average Bonchev–Trinajstić information content (AvgIpc) is 2.98. The summed E-state index contributed by atoms with van der Waals surface area (Å²) >= 11 is 0. The lowest BCUT2D eigenvalue weighted by Gasteiger charge is -2.32. The summed E-state index contributed by atoms with van der Waals surface area (Å²) in [6, 6.07) is 10.9. The Morgan fingerprint density at radius 3 is 2.72 bits per heavy atom. The van der Waals surface area contributed by atoms with Crippen molar-refractivity contribution < 1.29 is 19.1 Å². The summed E-state index contributed by atoms with van der Waals surface area (Å²) in [6.45, 7) is 3.16. The van der Waals surface area contributed by atoms with Crippen LogP contribution in [0.2, 0.25) is 0 Å². The maximum Gasteiger partial charge on any atom is 0.303 e. The molecule has 2 aromatic heterocycles. The van der Waals surface area contributed by atoms with Gasteiger partial charge in [0.1, 0.15) is 0 Å². The maximum absolute atomic E-state index is 13.0. The molecule has 3 aromatic rings. The summed E-state index contributed by atoms with van der Waals surface area (Å²) in [7, 11) is 0. The number of ketones is 1. The fourth-order valence-electron chi connectivity index (χ4n) is 3.12. The van der Waals surface area contributed by atoms with E-state index in [0.29, 0.717) is 17.0 Å². The van der Waals surface area contributed by atoms with Crippen LogP contribution in [0.15, 0.2) is 48.8 Å². The first kappa shape index (κ1) is 15.4. The van der Waals surface area contributed by atoms with Crippen molar-refractivity contribution >= 4 is 17.4 Å². The number of esters is 1. The van der Waals surface area contributed by atoms with Gasteiger partial charge in [0.2, 0.25) is 11.9 Å². The first-order valence-corrected chi connectivity index (χ1v) is 7.96. The largest absolute Gasteiger partial charge is 0.477 e. The van der Waals surface area contributed by atoms with Crippen LogP contribution in [-0.4, -0.2) is 27.2 Å². The minimum Gasteiger partial charge on any atom is -0.477 e. The van der Waals surface area contributed by atoms with Gasteiger partial charge in [0.25, 0.3) is 0 Å². The molecule has 1 aromatic carbocycles. The number of rotatable bonds is 2. The molecule has 0 fully saturated rings. The van der Waals surface area contributed by atoms with E-state index in [2.05, 4.69) is 4.98 Å². The van der Waals surface area contributed by atoms with E-state index in [4.69, 9.17) is 9.47 Å². The number of pyridine rings is 1. The number of hydrogen-bond donors (Lipinski definition) is 0. The van der Waals surface area contributed by atoms with Crippen LogP contribution in [0.5, 0.6) is 5.75 Å². The molecule has 0 unspecified atom stereocenters. The molecule has 6 heteroatoms. The van der Waals surface area contributed by atoms with E-state index in [-0.39, 0.29) is 5.78 Å². The Bertz CT molecular complexity index is 978. The molecule has 1 aliphatic rings. The Morgan fingerprint density at radius 2 is 2.00 bits per heavy atom. The van der Waals surface area contributed by atoms with Crippen molar-refractivity contribution in [2.75, 3.05) is 0 Å². The summed E-state index contributed by atoms with van der Waals surface area (Å²) in [5.74, 6) is -0.393. The van der Waals surface area contributed by atoms with Crippen LogP contribution < -0.4 is 4.74 Å². The van der Waals surface area contributed by atoms with E-state index < -0.39 is 18.2 Å². The predicted octanol–water partition coefficient (Wildman–Crippen LogP) is 2.89. The highest BCUT2D eigenvalue weighted by Gasteiger charge is 2.41. The highest BCUT2D eigenvalue weighted by Crippen LogP contribution is 2.38. The smallest absolute Gasteiger partial charge is 0.303 e. The Labute approximate surface area is 144 Å². The molecule has 0 saturated heterocycles. The second kappa shape index (κ2) is 5.73. The third-order valence-corrected chi connectivity index (χ3v) is 4.17. The highest BCUT2D eigenvalue weighted by atomic mass is 16.6. The van der Waals surface area contributed by atoms with Gasteiger partial charge in [0.05, 0.1) is 11.3 Å². The van der Waals surface area contributed by atoms with E-state index in [0.717, 1.165) is 11.3 Å². The van der Waals surface area contributed by atoms with Crippen LogP contribution in [0.1, 0.15) is 34.6 Å². The number of imidazole rings is 1. The first-order valence-electron chi connectivity index (χ1n) is 7.96. The number of ether oxygens (including phenoxy) is 2. The second-order valence-corrected chi connectivity index (χ2v) is 6.02. The van der Waals surface area contributed by atoms with E-state index in [1.165, 1.54) is 6.92 Å². The van der Waals surface area contributed by atoms with Crippen LogP contribution in [0.25, 0.3) is 5.65 Å². The van der Waals surface area contributed by atoms with Gasteiger partial charge >= 0.3 is 5.97 Å². The van der Waals surface area contributed by atoms with Crippen molar-refractivity contribution in [3.63, 3.8) is 0 Å². The van der Waals surface area contributed by atoms with E-state index in [1.807, 2.05) is 47.9 Å². The highest BCUT2D eigenvalue weighted by molar-refractivity contribution is 6.05. The van der Waals surface area contributed by atoms with Crippen molar-refractivity contribution in [1.82, 2.24) is 9.38 Å². The molecule has 0 spiro atoms.